The Morgan fingerprint density at radius 1 is 1.28 bits per heavy atom. The summed E-state index contributed by atoms with van der Waals surface area (Å²) >= 11 is 3.26. The highest BCUT2D eigenvalue weighted by Crippen LogP contribution is 2.25. The van der Waals surface area contributed by atoms with E-state index in [1.807, 2.05) is 0 Å². The van der Waals surface area contributed by atoms with E-state index < -0.39 is 0 Å². The second-order valence-electron chi connectivity index (χ2n) is 3.88. The lowest BCUT2D eigenvalue weighted by molar-refractivity contribution is -0.120. The maximum atomic E-state index is 12.0. The first kappa shape index (κ1) is 12.8. The first-order valence-corrected chi connectivity index (χ1v) is 6.20. The van der Waals surface area contributed by atoms with Crippen molar-refractivity contribution in [3.8, 4) is 0 Å². The standard InChI is InChI=1S/C12H11BrN2O3/c1-14-10(16)4-5-15-11(17)8-3-2-7(13)6-9(8)12(15)18/h2-3,6H,4-5H2,1H3,(H,14,16). The Balaban J connectivity index is 2.21. The molecule has 0 saturated carbocycles. The summed E-state index contributed by atoms with van der Waals surface area (Å²) in [4.78, 5) is 36.2. The summed E-state index contributed by atoms with van der Waals surface area (Å²) in [6.45, 7) is 0.101. The summed E-state index contributed by atoms with van der Waals surface area (Å²) in [6.07, 6.45) is 0.114. The van der Waals surface area contributed by atoms with E-state index in [2.05, 4.69) is 21.2 Å². The highest BCUT2D eigenvalue weighted by atomic mass is 79.9. The van der Waals surface area contributed by atoms with Gasteiger partial charge >= 0.3 is 0 Å². The molecule has 0 unspecified atom stereocenters. The molecule has 0 radical (unpaired) electrons. The number of carbonyl (C=O) groups is 3. The summed E-state index contributed by atoms with van der Waals surface area (Å²) < 4.78 is 0.746. The normalized spacial score (nSPS) is 13.8. The maximum Gasteiger partial charge on any atom is 0.261 e. The van der Waals surface area contributed by atoms with Crippen molar-refractivity contribution in [1.29, 1.82) is 0 Å². The van der Waals surface area contributed by atoms with Gasteiger partial charge < -0.3 is 5.32 Å². The van der Waals surface area contributed by atoms with Gasteiger partial charge in [0.05, 0.1) is 11.1 Å². The van der Waals surface area contributed by atoms with Crippen LogP contribution in [0.15, 0.2) is 22.7 Å². The average Bonchev–Trinajstić information content (AvgIpc) is 2.59. The number of amides is 3. The van der Waals surface area contributed by atoms with E-state index in [0.717, 1.165) is 9.37 Å². The zero-order valence-electron chi connectivity index (χ0n) is 9.70. The fourth-order valence-electron chi connectivity index (χ4n) is 1.80. The number of halogens is 1. The Morgan fingerprint density at radius 3 is 2.61 bits per heavy atom. The lowest BCUT2D eigenvalue weighted by Crippen LogP contribution is -2.33. The van der Waals surface area contributed by atoms with Gasteiger partial charge in [0, 0.05) is 24.5 Å². The number of fused-ring (bicyclic) bond motifs is 1. The van der Waals surface area contributed by atoms with Gasteiger partial charge in [-0.15, -0.1) is 0 Å². The third-order valence-corrected chi connectivity index (χ3v) is 3.27. The SMILES string of the molecule is CNC(=O)CCN1C(=O)c2ccc(Br)cc2C1=O. The van der Waals surface area contributed by atoms with E-state index in [0.29, 0.717) is 11.1 Å². The smallest absolute Gasteiger partial charge is 0.261 e. The molecule has 2 rings (SSSR count). The Bertz CT molecular complexity index is 542. The molecule has 0 fully saturated rings. The van der Waals surface area contributed by atoms with Crippen LogP contribution in [-0.2, 0) is 4.79 Å². The summed E-state index contributed by atoms with van der Waals surface area (Å²) in [6, 6.07) is 4.95. The predicted molar refractivity (Wildman–Crippen MR) is 68.2 cm³/mol. The molecule has 0 atom stereocenters. The zero-order chi connectivity index (χ0) is 13.3. The summed E-state index contributed by atoms with van der Waals surface area (Å²) in [7, 11) is 1.52. The fourth-order valence-corrected chi connectivity index (χ4v) is 2.17. The molecule has 0 bridgehead atoms. The number of rotatable bonds is 3. The Hall–Kier alpha value is -1.69. The number of nitrogens with one attached hydrogen (secondary N) is 1. The molecule has 0 aromatic heterocycles. The van der Waals surface area contributed by atoms with Crippen molar-refractivity contribution in [2.45, 2.75) is 6.42 Å². The minimum absolute atomic E-state index is 0.101. The number of carbonyl (C=O) groups excluding carboxylic acids is 3. The Kier molecular flexibility index (Phi) is 3.47. The number of imide groups is 1. The molecular formula is C12H11BrN2O3. The van der Waals surface area contributed by atoms with Gasteiger partial charge in [0.15, 0.2) is 0 Å². The van der Waals surface area contributed by atoms with E-state index in [4.69, 9.17) is 0 Å². The zero-order valence-corrected chi connectivity index (χ0v) is 11.3. The lowest BCUT2D eigenvalue weighted by Gasteiger charge is -2.12. The number of hydrogen-bond donors (Lipinski definition) is 1. The molecular weight excluding hydrogens is 300 g/mol. The lowest BCUT2D eigenvalue weighted by atomic mass is 10.1. The van der Waals surface area contributed by atoms with Crippen LogP contribution >= 0.6 is 15.9 Å². The predicted octanol–water partition coefficient (Wildman–Crippen LogP) is 1.18. The van der Waals surface area contributed by atoms with Crippen molar-refractivity contribution >= 4 is 33.7 Å². The van der Waals surface area contributed by atoms with Gasteiger partial charge in [-0.3, -0.25) is 19.3 Å². The highest BCUT2D eigenvalue weighted by molar-refractivity contribution is 9.10. The van der Waals surface area contributed by atoms with E-state index >= 15 is 0 Å². The van der Waals surface area contributed by atoms with Gasteiger partial charge in [-0.25, -0.2) is 0 Å². The van der Waals surface area contributed by atoms with Crippen LogP contribution in [0.3, 0.4) is 0 Å². The van der Waals surface area contributed by atoms with Crippen LogP contribution in [0.2, 0.25) is 0 Å². The molecule has 1 aliphatic heterocycles. The van der Waals surface area contributed by atoms with Gasteiger partial charge in [-0.1, -0.05) is 15.9 Å². The fraction of sp³-hybridized carbons (Fsp3) is 0.250. The van der Waals surface area contributed by atoms with Crippen LogP contribution in [0.25, 0.3) is 0 Å². The molecule has 6 heteroatoms. The maximum absolute atomic E-state index is 12.0. The van der Waals surface area contributed by atoms with Crippen molar-refractivity contribution in [2.75, 3.05) is 13.6 Å². The summed E-state index contributed by atoms with van der Waals surface area (Å²) in [5.74, 6) is -0.889. The quantitative estimate of drug-likeness (QED) is 0.853. The highest BCUT2D eigenvalue weighted by Gasteiger charge is 2.35. The van der Waals surface area contributed by atoms with Gasteiger partial charge in [-0.05, 0) is 18.2 Å². The van der Waals surface area contributed by atoms with Gasteiger partial charge in [0.25, 0.3) is 11.8 Å². The van der Waals surface area contributed by atoms with Crippen molar-refractivity contribution < 1.29 is 14.4 Å². The van der Waals surface area contributed by atoms with Crippen molar-refractivity contribution in [1.82, 2.24) is 10.2 Å². The largest absolute Gasteiger partial charge is 0.359 e. The van der Waals surface area contributed by atoms with Crippen molar-refractivity contribution in [3.63, 3.8) is 0 Å². The molecule has 0 saturated heterocycles. The average molecular weight is 311 g/mol. The van der Waals surface area contributed by atoms with Gasteiger partial charge in [0.1, 0.15) is 0 Å². The second-order valence-corrected chi connectivity index (χ2v) is 4.79. The first-order chi connectivity index (χ1) is 8.54. The van der Waals surface area contributed by atoms with Crippen LogP contribution in [0.5, 0.6) is 0 Å². The molecule has 0 aliphatic carbocycles. The van der Waals surface area contributed by atoms with E-state index in [1.165, 1.54) is 7.05 Å². The summed E-state index contributed by atoms with van der Waals surface area (Å²) in [5.41, 5.74) is 0.770. The van der Waals surface area contributed by atoms with Crippen molar-refractivity contribution in [3.05, 3.63) is 33.8 Å². The van der Waals surface area contributed by atoms with Crippen LogP contribution < -0.4 is 5.32 Å². The van der Waals surface area contributed by atoms with Crippen LogP contribution in [0.4, 0.5) is 0 Å². The molecule has 1 aromatic rings. The van der Waals surface area contributed by atoms with E-state index in [-0.39, 0.29) is 30.7 Å². The monoisotopic (exact) mass is 310 g/mol. The van der Waals surface area contributed by atoms with Crippen molar-refractivity contribution in [2.24, 2.45) is 0 Å². The first-order valence-electron chi connectivity index (χ1n) is 5.41. The van der Waals surface area contributed by atoms with Crippen LogP contribution in [0.1, 0.15) is 27.1 Å². The second kappa shape index (κ2) is 4.89. The van der Waals surface area contributed by atoms with Crippen LogP contribution in [-0.4, -0.2) is 36.2 Å². The molecule has 1 aromatic carbocycles. The molecule has 1 heterocycles. The third kappa shape index (κ3) is 2.15. The number of hydrogen-bond acceptors (Lipinski definition) is 3. The molecule has 94 valence electrons. The molecule has 18 heavy (non-hydrogen) atoms. The molecule has 3 amide bonds. The minimum atomic E-state index is -0.347. The van der Waals surface area contributed by atoms with E-state index in [1.54, 1.807) is 18.2 Å². The minimum Gasteiger partial charge on any atom is -0.359 e. The summed E-state index contributed by atoms with van der Waals surface area (Å²) in [5, 5.41) is 2.45. The Labute approximate surface area is 112 Å². The topological polar surface area (TPSA) is 66.5 Å². The van der Waals surface area contributed by atoms with Gasteiger partial charge in [-0.2, -0.15) is 0 Å². The van der Waals surface area contributed by atoms with Crippen LogP contribution in [0, 0.1) is 0 Å². The van der Waals surface area contributed by atoms with Gasteiger partial charge in [0.2, 0.25) is 5.91 Å². The molecule has 5 nitrogen and oxygen atoms in total. The molecule has 0 spiro atoms. The van der Waals surface area contributed by atoms with E-state index in [9.17, 15) is 14.4 Å². The third-order valence-electron chi connectivity index (χ3n) is 2.77. The number of benzene rings is 1. The molecule has 1 aliphatic rings. The molecule has 1 N–H and O–H groups in total. The Morgan fingerprint density at radius 2 is 1.94 bits per heavy atom. The number of nitrogens with zero attached hydrogens (tertiary/aromatic N) is 1.